The van der Waals surface area contributed by atoms with Gasteiger partial charge in [-0.3, -0.25) is 4.52 Å². The fourth-order valence-corrected chi connectivity index (χ4v) is 4.23. The number of phosphoric acid groups is 1. The number of carbonyl (C=O) groups is 1. The number of urea groups is 1. The maximum absolute atomic E-state index is 11.9. The minimum absolute atomic E-state index is 0.0186. The molecule has 3 N–H and O–H groups in total. The van der Waals surface area contributed by atoms with E-state index in [9.17, 15) is 14.5 Å². The van der Waals surface area contributed by atoms with Gasteiger partial charge in [0.2, 0.25) is 0 Å². The van der Waals surface area contributed by atoms with Crippen molar-refractivity contribution in [3.8, 4) is 28.7 Å². The first-order valence-electron chi connectivity index (χ1n) is 11.8. The van der Waals surface area contributed by atoms with Crippen molar-refractivity contribution in [2.75, 3.05) is 33.8 Å². The molecule has 1 aliphatic heterocycles. The van der Waals surface area contributed by atoms with E-state index in [1.165, 1.54) is 10.8 Å². The number of aliphatic hydroxyl groups is 1. The van der Waals surface area contributed by atoms with Gasteiger partial charge in [-0.2, -0.15) is 0 Å². The molecule has 38 heavy (non-hydrogen) atoms. The summed E-state index contributed by atoms with van der Waals surface area (Å²) in [5.41, 5.74) is 2.67. The van der Waals surface area contributed by atoms with E-state index < -0.39 is 13.9 Å². The van der Waals surface area contributed by atoms with Crippen LogP contribution in [-0.2, 0) is 15.7 Å². The molecule has 3 aromatic rings. The summed E-state index contributed by atoms with van der Waals surface area (Å²) in [6.45, 7) is 0.401. The molecule has 0 aliphatic carbocycles. The van der Waals surface area contributed by atoms with E-state index >= 15 is 0 Å². The highest BCUT2D eigenvalue weighted by Gasteiger charge is 2.33. The smallest absolute Gasteiger partial charge is 0.469 e. The highest BCUT2D eigenvalue weighted by atomic mass is 31.2. The molecule has 1 aromatic heterocycles. The predicted molar refractivity (Wildman–Crippen MR) is 139 cm³/mol. The molecule has 1 unspecified atom stereocenters. The van der Waals surface area contributed by atoms with E-state index in [1.807, 2.05) is 48.5 Å². The first-order chi connectivity index (χ1) is 18.1. The monoisotopic (exact) mass is 540 g/mol. The molecule has 4 rings (SSSR count). The lowest BCUT2D eigenvalue weighted by Crippen LogP contribution is -2.58. The number of aromatic nitrogens is 2. The van der Waals surface area contributed by atoms with Crippen LogP contribution in [0.25, 0.3) is 11.1 Å². The average Bonchev–Trinajstić information content (AvgIpc) is 3.34. The van der Waals surface area contributed by atoms with Gasteiger partial charge < -0.3 is 34.0 Å². The van der Waals surface area contributed by atoms with Gasteiger partial charge in [-0.05, 0) is 35.4 Å². The molecule has 0 bridgehead atoms. The van der Waals surface area contributed by atoms with Crippen LogP contribution < -0.4 is 4.74 Å². The summed E-state index contributed by atoms with van der Waals surface area (Å²) in [6, 6.07) is 14.5. The molecule has 200 valence electrons. The first-order valence-corrected chi connectivity index (χ1v) is 13.3. The van der Waals surface area contributed by atoms with Gasteiger partial charge in [-0.1, -0.05) is 36.1 Å². The second-order valence-electron chi connectivity index (χ2n) is 8.90. The second-order valence-corrected chi connectivity index (χ2v) is 10.1. The summed E-state index contributed by atoms with van der Waals surface area (Å²) in [6.07, 6.45) is 3.01. The summed E-state index contributed by atoms with van der Waals surface area (Å²) < 4.78 is 23.3. The van der Waals surface area contributed by atoms with Gasteiger partial charge >= 0.3 is 13.9 Å². The van der Waals surface area contributed by atoms with Crippen LogP contribution in [0.4, 0.5) is 4.79 Å². The molecule has 0 saturated carbocycles. The summed E-state index contributed by atoms with van der Waals surface area (Å²) in [5.74, 6) is 6.99. The maximum atomic E-state index is 11.9. The summed E-state index contributed by atoms with van der Waals surface area (Å²) >= 11 is 0. The highest BCUT2D eigenvalue weighted by Crippen LogP contribution is 2.36. The topological polar surface area (TPSA) is 138 Å². The Kier molecular flexibility index (Phi) is 8.52. The van der Waals surface area contributed by atoms with Crippen LogP contribution in [0.15, 0.2) is 60.9 Å². The second kappa shape index (κ2) is 11.8. The predicted octanol–water partition coefficient (Wildman–Crippen LogP) is 2.49. The molecule has 2 heterocycles. The molecule has 1 saturated heterocycles. The van der Waals surface area contributed by atoms with Crippen molar-refractivity contribution in [1.82, 2.24) is 19.4 Å². The molecule has 1 fully saturated rings. The molecule has 1 atom stereocenters. The number of phosphoric ester groups is 1. The number of aliphatic hydroxyl groups excluding tert-OH is 1. The molecule has 1 aliphatic rings. The summed E-state index contributed by atoms with van der Waals surface area (Å²) in [5, 5.41) is 9.48. The van der Waals surface area contributed by atoms with Crippen molar-refractivity contribution in [2.24, 2.45) is 0 Å². The van der Waals surface area contributed by atoms with E-state index in [2.05, 4.69) is 21.3 Å². The van der Waals surface area contributed by atoms with Crippen LogP contribution in [0.1, 0.15) is 17.4 Å². The Morgan fingerprint density at radius 1 is 1.13 bits per heavy atom. The zero-order chi connectivity index (χ0) is 27.3. The van der Waals surface area contributed by atoms with E-state index in [-0.39, 0.29) is 25.3 Å². The average molecular weight is 541 g/mol. The van der Waals surface area contributed by atoms with Crippen LogP contribution >= 0.6 is 7.82 Å². The maximum Gasteiger partial charge on any atom is 0.469 e. The van der Waals surface area contributed by atoms with Gasteiger partial charge in [0.1, 0.15) is 30.3 Å². The number of imidazole rings is 1. The molecule has 12 heteroatoms. The van der Waals surface area contributed by atoms with E-state index in [0.717, 1.165) is 16.9 Å². The SMILES string of the molecule is CN(C)C(=O)N1CC(Oc2ccc(-c3ccc(C#CC(COP(=O)(O)O)n4ccnc4CO)cc3)cc2)C1. The molecule has 0 spiro atoms. The third-order valence-corrected chi connectivity index (χ3v) is 6.37. The molecule has 0 radical (unpaired) electrons. The van der Waals surface area contributed by atoms with Crippen LogP contribution in [0.2, 0.25) is 0 Å². The number of hydrogen-bond acceptors (Lipinski definition) is 6. The normalized spacial score (nSPS) is 14.3. The first kappa shape index (κ1) is 27.4. The number of nitrogens with zero attached hydrogens (tertiary/aromatic N) is 4. The van der Waals surface area contributed by atoms with Gasteiger partial charge in [-0.25, -0.2) is 14.3 Å². The standard InChI is InChI=1S/C26H29N4O7P/c1-28(2)26(32)29-15-24(16-29)37-23-11-8-21(9-12-23)20-6-3-19(4-7-20)5-10-22(18-36-38(33,34)35)30-14-13-27-25(30)17-31/h3-4,6-9,11-14,22,24,31H,15-18H2,1-2H3,(H2,33,34,35). The van der Waals surface area contributed by atoms with Gasteiger partial charge in [0.15, 0.2) is 0 Å². The third-order valence-electron chi connectivity index (χ3n) is 5.89. The van der Waals surface area contributed by atoms with Crippen molar-refractivity contribution in [3.05, 3.63) is 72.3 Å². The molecular formula is C26H29N4O7P. The Bertz CT molecular complexity index is 1350. The molecular weight excluding hydrogens is 511 g/mol. The van der Waals surface area contributed by atoms with Crippen molar-refractivity contribution < 1.29 is 33.5 Å². The Labute approximate surface area is 220 Å². The Balaban J connectivity index is 1.39. The molecule has 2 amide bonds. The Hall–Kier alpha value is -3.65. The van der Waals surface area contributed by atoms with Crippen LogP contribution in [0.5, 0.6) is 5.75 Å². The Morgan fingerprint density at radius 3 is 2.34 bits per heavy atom. The number of carbonyl (C=O) groups excluding carboxylic acids is 1. The van der Waals surface area contributed by atoms with E-state index in [1.54, 1.807) is 30.1 Å². The van der Waals surface area contributed by atoms with Gasteiger partial charge in [0.05, 0.1) is 19.7 Å². The van der Waals surface area contributed by atoms with Crippen molar-refractivity contribution in [1.29, 1.82) is 0 Å². The minimum Gasteiger partial charge on any atom is -0.487 e. The van der Waals surface area contributed by atoms with Crippen molar-refractivity contribution >= 4 is 13.9 Å². The van der Waals surface area contributed by atoms with Crippen LogP contribution in [-0.4, -0.2) is 80.2 Å². The summed E-state index contributed by atoms with van der Waals surface area (Å²) in [4.78, 5) is 37.4. The number of ether oxygens (including phenoxy) is 1. The third kappa shape index (κ3) is 7.01. The van der Waals surface area contributed by atoms with E-state index in [0.29, 0.717) is 24.5 Å². The van der Waals surface area contributed by atoms with Gasteiger partial charge in [0.25, 0.3) is 0 Å². The quantitative estimate of drug-likeness (QED) is 0.293. The molecule has 2 aromatic carbocycles. The largest absolute Gasteiger partial charge is 0.487 e. The highest BCUT2D eigenvalue weighted by molar-refractivity contribution is 7.46. The number of amides is 2. The lowest BCUT2D eigenvalue weighted by molar-refractivity contribution is 0.0356. The van der Waals surface area contributed by atoms with Crippen molar-refractivity contribution in [3.63, 3.8) is 0 Å². The zero-order valence-corrected chi connectivity index (χ0v) is 21.9. The van der Waals surface area contributed by atoms with Gasteiger partial charge in [-0.15, -0.1) is 0 Å². The van der Waals surface area contributed by atoms with Gasteiger partial charge in [0, 0.05) is 32.1 Å². The number of likely N-dealkylation sites (tertiary alicyclic amines) is 1. The Morgan fingerprint density at radius 2 is 1.76 bits per heavy atom. The van der Waals surface area contributed by atoms with Crippen LogP contribution in [0, 0.1) is 11.8 Å². The molecule has 11 nitrogen and oxygen atoms in total. The lowest BCUT2D eigenvalue weighted by Gasteiger charge is -2.40. The summed E-state index contributed by atoms with van der Waals surface area (Å²) in [7, 11) is -1.24. The number of rotatable bonds is 8. The van der Waals surface area contributed by atoms with Crippen molar-refractivity contribution in [2.45, 2.75) is 18.8 Å². The number of hydrogen-bond donors (Lipinski definition) is 3. The lowest BCUT2D eigenvalue weighted by atomic mass is 10.0. The van der Waals surface area contributed by atoms with E-state index in [4.69, 9.17) is 14.5 Å². The fraction of sp³-hybridized carbons (Fsp3) is 0.308. The van der Waals surface area contributed by atoms with Crippen LogP contribution in [0.3, 0.4) is 0 Å². The number of benzene rings is 2. The fourth-order valence-electron chi connectivity index (χ4n) is 3.89. The minimum atomic E-state index is -4.69. The zero-order valence-electron chi connectivity index (χ0n) is 21.0.